The Morgan fingerprint density at radius 1 is 0.944 bits per heavy atom. The van der Waals surface area contributed by atoms with Crippen LogP contribution in [0.15, 0.2) is 47.4 Å². The molecule has 18 heavy (non-hydrogen) atoms. The molecule has 0 spiro atoms. The second-order valence-corrected chi connectivity index (χ2v) is 5.14. The molecule has 0 saturated heterocycles. The zero-order valence-electron chi connectivity index (χ0n) is 9.37. The van der Waals surface area contributed by atoms with Gasteiger partial charge in [0.15, 0.2) is 0 Å². The fourth-order valence-electron chi connectivity index (χ4n) is 1.77. The van der Waals surface area contributed by atoms with Gasteiger partial charge in [-0.2, -0.15) is 8.42 Å². The van der Waals surface area contributed by atoms with Crippen LogP contribution in [0.5, 0.6) is 0 Å². The van der Waals surface area contributed by atoms with E-state index in [4.69, 9.17) is 16.0 Å². The minimum absolute atomic E-state index is 0.0521. The van der Waals surface area contributed by atoms with Crippen molar-refractivity contribution in [3.05, 3.63) is 42.5 Å². The van der Waals surface area contributed by atoms with Gasteiger partial charge in [-0.05, 0) is 11.6 Å². The average Bonchev–Trinajstić information content (AvgIpc) is 2.28. The highest BCUT2D eigenvalue weighted by Crippen LogP contribution is 2.34. The predicted molar refractivity (Wildman–Crippen MR) is 70.5 cm³/mol. The maximum absolute atomic E-state index is 11.3. The van der Waals surface area contributed by atoms with Crippen molar-refractivity contribution in [1.29, 1.82) is 0 Å². The maximum atomic E-state index is 11.3. The largest absolute Gasteiger partial charge is 0.398 e. The smallest absolute Gasteiger partial charge is 0.298 e. The minimum atomic E-state index is -4.44. The molecule has 0 saturated carbocycles. The van der Waals surface area contributed by atoms with Crippen molar-refractivity contribution >= 4 is 21.5 Å². The summed E-state index contributed by atoms with van der Waals surface area (Å²) in [5, 5.41) is 0. The molecule has 94 valence electrons. The highest BCUT2D eigenvalue weighted by Gasteiger charge is 2.20. The third-order valence-electron chi connectivity index (χ3n) is 2.57. The number of anilines is 2. The topological polar surface area (TPSA) is 106 Å². The van der Waals surface area contributed by atoms with Crippen molar-refractivity contribution in [3.63, 3.8) is 0 Å². The van der Waals surface area contributed by atoms with E-state index in [-0.39, 0.29) is 11.4 Å². The Kier molecular flexibility index (Phi) is 2.98. The van der Waals surface area contributed by atoms with E-state index in [0.29, 0.717) is 5.56 Å². The molecule has 0 aliphatic heterocycles. The summed E-state index contributed by atoms with van der Waals surface area (Å²) in [5.74, 6) is 0. The summed E-state index contributed by atoms with van der Waals surface area (Å²) in [5.41, 5.74) is 12.5. The third kappa shape index (κ3) is 2.15. The summed E-state index contributed by atoms with van der Waals surface area (Å²) in [6, 6.07) is 12.0. The molecule has 2 aromatic rings. The average molecular weight is 264 g/mol. The Hall–Kier alpha value is -2.05. The van der Waals surface area contributed by atoms with Crippen LogP contribution in [0.25, 0.3) is 11.1 Å². The SMILES string of the molecule is Nc1ccc(-c2ccccc2)c(N)c1S(=O)(=O)O. The summed E-state index contributed by atoms with van der Waals surface area (Å²) in [7, 11) is -4.44. The highest BCUT2D eigenvalue weighted by molar-refractivity contribution is 7.86. The Balaban J connectivity index is 2.74. The molecule has 2 aromatic carbocycles. The molecule has 5 N–H and O–H groups in total. The molecule has 2 rings (SSSR count). The lowest BCUT2D eigenvalue weighted by Gasteiger charge is -2.11. The second kappa shape index (κ2) is 4.32. The molecule has 6 heteroatoms. The van der Waals surface area contributed by atoms with Gasteiger partial charge in [-0.15, -0.1) is 0 Å². The summed E-state index contributed by atoms with van der Waals surface area (Å²) >= 11 is 0. The summed E-state index contributed by atoms with van der Waals surface area (Å²) in [6.45, 7) is 0. The Morgan fingerprint density at radius 3 is 2.11 bits per heavy atom. The van der Waals surface area contributed by atoms with Crippen LogP contribution in [0.1, 0.15) is 0 Å². The number of hydrogen-bond donors (Lipinski definition) is 3. The van der Waals surface area contributed by atoms with Crippen molar-refractivity contribution < 1.29 is 13.0 Å². The molecule has 0 heterocycles. The van der Waals surface area contributed by atoms with Crippen molar-refractivity contribution in [2.45, 2.75) is 4.90 Å². The molecule has 0 unspecified atom stereocenters. The molecule has 0 amide bonds. The molecule has 0 aliphatic carbocycles. The zero-order valence-corrected chi connectivity index (χ0v) is 10.2. The lowest BCUT2D eigenvalue weighted by atomic mass is 10.0. The van der Waals surface area contributed by atoms with Crippen molar-refractivity contribution in [2.75, 3.05) is 11.5 Å². The van der Waals surface area contributed by atoms with Gasteiger partial charge in [0.2, 0.25) is 0 Å². The molecular formula is C12H12N2O3S. The summed E-state index contributed by atoms with van der Waals surface area (Å²) in [6.07, 6.45) is 0. The second-order valence-electron chi connectivity index (χ2n) is 3.79. The van der Waals surface area contributed by atoms with E-state index < -0.39 is 15.0 Å². The Bertz CT molecular complexity index is 682. The summed E-state index contributed by atoms with van der Waals surface area (Å²) < 4.78 is 31.6. The standard InChI is InChI=1S/C12H12N2O3S/c13-10-7-6-9(8-4-2-1-3-5-8)11(14)12(10)18(15,16)17/h1-7H,13-14H2,(H,15,16,17). The third-order valence-corrected chi connectivity index (χ3v) is 3.54. The minimum Gasteiger partial charge on any atom is -0.398 e. The van der Waals surface area contributed by atoms with Gasteiger partial charge in [-0.25, -0.2) is 0 Å². The molecule has 0 fully saturated rings. The van der Waals surface area contributed by atoms with E-state index in [9.17, 15) is 8.42 Å². The van der Waals surface area contributed by atoms with Gasteiger partial charge in [-0.3, -0.25) is 4.55 Å². The number of benzene rings is 2. The summed E-state index contributed by atoms with van der Waals surface area (Å²) in [4.78, 5) is -0.441. The van der Waals surface area contributed by atoms with Crippen molar-refractivity contribution in [2.24, 2.45) is 0 Å². The molecule has 0 radical (unpaired) electrons. The van der Waals surface area contributed by atoms with E-state index in [1.807, 2.05) is 6.07 Å². The first-order valence-electron chi connectivity index (χ1n) is 5.12. The lowest BCUT2D eigenvalue weighted by Crippen LogP contribution is -2.08. The normalized spacial score (nSPS) is 11.4. The fourth-order valence-corrected chi connectivity index (χ4v) is 2.53. The zero-order chi connectivity index (χ0) is 13.3. The van der Waals surface area contributed by atoms with E-state index in [2.05, 4.69) is 0 Å². The van der Waals surface area contributed by atoms with Crippen LogP contribution in [0, 0.1) is 0 Å². The first-order valence-corrected chi connectivity index (χ1v) is 6.56. The van der Waals surface area contributed by atoms with Gasteiger partial charge < -0.3 is 11.5 Å². The van der Waals surface area contributed by atoms with Crippen LogP contribution in [0.2, 0.25) is 0 Å². The van der Waals surface area contributed by atoms with Crippen LogP contribution in [-0.2, 0) is 10.1 Å². The highest BCUT2D eigenvalue weighted by atomic mass is 32.2. The number of rotatable bonds is 2. The molecule has 5 nitrogen and oxygen atoms in total. The lowest BCUT2D eigenvalue weighted by molar-refractivity contribution is 0.484. The molecule has 0 atom stereocenters. The van der Waals surface area contributed by atoms with Crippen molar-refractivity contribution in [1.82, 2.24) is 0 Å². The molecular weight excluding hydrogens is 252 g/mol. The van der Waals surface area contributed by atoms with Gasteiger partial charge in [0.05, 0.1) is 11.4 Å². The van der Waals surface area contributed by atoms with Crippen molar-refractivity contribution in [3.8, 4) is 11.1 Å². The van der Waals surface area contributed by atoms with Gasteiger partial charge >= 0.3 is 0 Å². The monoisotopic (exact) mass is 264 g/mol. The van der Waals surface area contributed by atoms with E-state index in [1.165, 1.54) is 6.07 Å². The Labute approximate surface area is 105 Å². The first-order chi connectivity index (χ1) is 8.41. The Morgan fingerprint density at radius 2 is 1.56 bits per heavy atom. The van der Waals surface area contributed by atoms with Crippen LogP contribution in [0.3, 0.4) is 0 Å². The molecule has 0 aliphatic rings. The quantitative estimate of drug-likeness (QED) is 0.566. The number of nitrogen functional groups attached to an aromatic ring is 2. The van der Waals surface area contributed by atoms with Gasteiger partial charge in [-0.1, -0.05) is 36.4 Å². The number of hydrogen-bond acceptors (Lipinski definition) is 4. The maximum Gasteiger partial charge on any atom is 0.298 e. The van der Waals surface area contributed by atoms with Crippen LogP contribution < -0.4 is 11.5 Å². The first kappa shape index (κ1) is 12.4. The van der Waals surface area contributed by atoms with Crippen LogP contribution in [-0.4, -0.2) is 13.0 Å². The molecule has 0 aromatic heterocycles. The predicted octanol–water partition coefficient (Wildman–Crippen LogP) is 1.76. The van der Waals surface area contributed by atoms with Gasteiger partial charge in [0.1, 0.15) is 4.90 Å². The fraction of sp³-hybridized carbons (Fsp3) is 0. The van der Waals surface area contributed by atoms with E-state index in [1.54, 1.807) is 30.3 Å². The molecule has 0 bridgehead atoms. The van der Waals surface area contributed by atoms with E-state index >= 15 is 0 Å². The van der Waals surface area contributed by atoms with Crippen LogP contribution >= 0.6 is 0 Å². The van der Waals surface area contributed by atoms with E-state index in [0.717, 1.165) is 5.56 Å². The van der Waals surface area contributed by atoms with Crippen LogP contribution in [0.4, 0.5) is 11.4 Å². The van der Waals surface area contributed by atoms with Gasteiger partial charge in [0.25, 0.3) is 10.1 Å². The number of nitrogens with two attached hydrogens (primary N) is 2. The van der Waals surface area contributed by atoms with Gasteiger partial charge in [0, 0.05) is 5.56 Å².